The molecule has 0 aliphatic carbocycles. The molecule has 0 unspecified atom stereocenters. The Bertz CT molecular complexity index is 370. The normalized spacial score (nSPS) is 12.4. The zero-order valence-electron chi connectivity index (χ0n) is 11.9. The van der Waals surface area contributed by atoms with Gasteiger partial charge in [0.1, 0.15) is 5.75 Å². The minimum atomic E-state index is 0.126. The van der Waals surface area contributed by atoms with E-state index >= 15 is 0 Å². The van der Waals surface area contributed by atoms with E-state index in [1.807, 2.05) is 0 Å². The number of ether oxygens (including phenoxy) is 1. The first kappa shape index (κ1) is 13.8. The molecule has 1 aromatic carbocycles. The summed E-state index contributed by atoms with van der Waals surface area (Å²) in [6.07, 6.45) is 1.48. The SMILES string of the molecule is C=COc1cc(C(C)(C)C)cc(C(C)(C)C)c1. The maximum atomic E-state index is 5.44. The molecule has 1 rings (SSSR count). The summed E-state index contributed by atoms with van der Waals surface area (Å²) >= 11 is 0. The van der Waals surface area contributed by atoms with Gasteiger partial charge in [-0.05, 0) is 34.1 Å². The molecule has 94 valence electrons. The average Bonchev–Trinajstić information content (AvgIpc) is 2.15. The molecule has 1 aromatic rings. The minimum absolute atomic E-state index is 0.126. The third-order valence-electron chi connectivity index (χ3n) is 2.86. The van der Waals surface area contributed by atoms with Gasteiger partial charge in [-0.25, -0.2) is 0 Å². The molecule has 0 saturated carbocycles. The molecule has 0 amide bonds. The van der Waals surface area contributed by atoms with Crippen molar-refractivity contribution in [1.29, 1.82) is 0 Å². The van der Waals surface area contributed by atoms with Crippen LogP contribution in [0.3, 0.4) is 0 Å². The Morgan fingerprint density at radius 1 is 0.882 bits per heavy atom. The lowest BCUT2D eigenvalue weighted by molar-refractivity contribution is 0.474. The molecule has 0 bridgehead atoms. The molecule has 0 atom stereocenters. The molecule has 0 fully saturated rings. The Kier molecular flexibility index (Phi) is 3.71. The summed E-state index contributed by atoms with van der Waals surface area (Å²) in [4.78, 5) is 0. The van der Waals surface area contributed by atoms with Crippen molar-refractivity contribution in [3.63, 3.8) is 0 Å². The molecule has 1 nitrogen and oxygen atoms in total. The standard InChI is InChI=1S/C16H24O/c1-8-17-14-10-12(15(2,3)4)9-13(11-14)16(5,6)7/h8-11H,1H2,2-7H3. The lowest BCUT2D eigenvalue weighted by Gasteiger charge is -2.25. The molecule has 0 N–H and O–H groups in total. The maximum absolute atomic E-state index is 5.44. The van der Waals surface area contributed by atoms with Gasteiger partial charge in [0.05, 0.1) is 6.26 Å². The van der Waals surface area contributed by atoms with Crippen molar-refractivity contribution in [2.75, 3.05) is 0 Å². The minimum Gasteiger partial charge on any atom is -0.466 e. The van der Waals surface area contributed by atoms with Crippen LogP contribution in [0.25, 0.3) is 0 Å². The Labute approximate surface area is 106 Å². The summed E-state index contributed by atoms with van der Waals surface area (Å²) in [7, 11) is 0. The van der Waals surface area contributed by atoms with Crippen molar-refractivity contribution in [1.82, 2.24) is 0 Å². The number of hydrogen-bond donors (Lipinski definition) is 0. The largest absolute Gasteiger partial charge is 0.466 e. The fourth-order valence-electron chi connectivity index (χ4n) is 1.63. The van der Waals surface area contributed by atoms with Crippen molar-refractivity contribution in [3.05, 3.63) is 42.2 Å². The predicted octanol–water partition coefficient (Wildman–Crippen LogP) is 4.80. The van der Waals surface area contributed by atoms with Crippen LogP contribution in [-0.4, -0.2) is 0 Å². The first-order valence-electron chi connectivity index (χ1n) is 6.08. The van der Waals surface area contributed by atoms with Gasteiger partial charge in [-0.1, -0.05) is 54.2 Å². The highest BCUT2D eigenvalue weighted by molar-refractivity contribution is 5.40. The Morgan fingerprint density at radius 2 is 1.29 bits per heavy atom. The summed E-state index contributed by atoms with van der Waals surface area (Å²) in [6, 6.07) is 6.46. The second-order valence-electron chi connectivity index (χ2n) is 6.53. The topological polar surface area (TPSA) is 9.23 Å². The van der Waals surface area contributed by atoms with Crippen LogP contribution in [-0.2, 0) is 10.8 Å². The van der Waals surface area contributed by atoms with Crippen LogP contribution in [0.15, 0.2) is 31.0 Å². The van der Waals surface area contributed by atoms with E-state index in [2.05, 4.69) is 66.3 Å². The fourth-order valence-corrected chi connectivity index (χ4v) is 1.63. The van der Waals surface area contributed by atoms with E-state index in [4.69, 9.17) is 4.74 Å². The van der Waals surface area contributed by atoms with Crippen LogP contribution in [0.5, 0.6) is 5.75 Å². The lowest BCUT2D eigenvalue weighted by Crippen LogP contribution is -2.16. The average molecular weight is 232 g/mol. The molecule has 17 heavy (non-hydrogen) atoms. The summed E-state index contributed by atoms with van der Waals surface area (Å²) in [5.74, 6) is 0.873. The highest BCUT2D eigenvalue weighted by atomic mass is 16.5. The van der Waals surface area contributed by atoms with E-state index in [0.717, 1.165) is 5.75 Å². The maximum Gasteiger partial charge on any atom is 0.127 e. The third-order valence-corrected chi connectivity index (χ3v) is 2.86. The highest BCUT2D eigenvalue weighted by Crippen LogP contribution is 2.32. The van der Waals surface area contributed by atoms with Gasteiger partial charge in [-0.15, -0.1) is 0 Å². The van der Waals surface area contributed by atoms with Crippen LogP contribution in [0.2, 0.25) is 0 Å². The van der Waals surface area contributed by atoms with Crippen LogP contribution >= 0.6 is 0 Å². The molecule has 0 radical (unpaired) electrons. The molecule has 0 aliphatic rings. The van der Waals surface area contributed by atoms with Gasteiger partial charge < -0.3 is 4.74 Å². The first-order valence-corrected chi connectivity index (χ1v) is 6.08. The van der Waals surface area contributed by atoms with Crippen molar-refractivity contribution >= 4 is 0 Å². The number of benzene rings is 1. The summed E-state index contributed by atoms with van der Waals surface area (Å²) in [6.45, 7) is 16.9. The summed E-state index contributed by atoms with van der Waals surface area (Å²) in [5, 5.41) is 0. The van der Waals surface area contributed by atoms with Gasteiger partial charge in [0.25, 0.3) is 0 Å². The predicted molar refractivity (Wildman–Crippen MR) is 74.7 cm³/mol. The molecule has 0 aromatic heterocycles. The molecular formula is C16H24O. The van der Waals surface area contributed by atoms with E-state index in [-0.39, 0.29) is 10.8 Å². The third kappa shape index (κ3) is 3.62. The zero-order chi connectivity index (χ0) is 13.3. The van der Waals surface area contributed by atoms with Gasteiger partial charge in [-0.2, -0.15) is 0 Å². The Balaban J connectivity index is 3.34. The Hall–Kier alpha value is -1.24. The van der Waals surface area contributed by atoms with Gasteiger partial charge in [0, 0.05) is 0 Å². The van der Waals surface area contributed by atoms with Crippen LogP contribution < -0.4 is 4.74 Å². The molecule has 0 aliphatic heterocycles. The zero-order valence-corrected chi connectivity index (χ0v) is 11.9. The van der Waals surface area contributed by atoms with Gasteiger partial charge in [-0.3, -0.25) is 0 Å². The molecule has 0 heterocycles. The lowest BCUT2D eigenvalue weighted by atomic mass is 9.80. The Morgan fingerprint density at radius 3 is 1.59 bits per heavy atom. The molecule has 1 heteroatoms. The summed E-state index contributed by atoms with van der Waals surface area (Å²) < 4.78 is 5.44. The van der Waals surface area contributed by atoms with E-state index in [1.165, 1.54) is 17.4 Å². The molecular weight excluding hydrogens is 208 g/mol. The van der Waals surface area contributed by atoms with E-state index in [0.29, 0.717) is 0 Å². The van der Waals surface area contributed by atoms with Crippen LogP contribution in [0.1, 0.15) is 52.7 Å². The molecule has 0 saturated heterocycles. The van der Waals surface area contributed by atoms with E-state index < -0.39 is 0 Å². The van der Waals surface area contributed by atoms with Crippen molar-refractivity contribution in [3.8, 4) is 5.75 Å². The quantitative estimate of drug-likeness (QED) is 0.665. The molecule has 0 spiro atoms. The number of rotatable bonds is 2. The van der Waals surface area contributed by atoms with E-state index in [9.17, 15) is 0 Å². The fraction of sp³-hybridized carbons (Fsp3) is 0.500. The van der Waals surface area contributed by atoms with Crippen molar-refractivity contribution in [2.24, 2.45) is 0 Å². The first-order chi connectivity index (χ1) is 7.64. The van der Waals surface area contributed by atoms with Gasteiger partial charge in [0.2, 0.25) is 0 Å². The number of hydrogen-bond acceptors (Lipinski definition) is 1. The monoisotopic (exact) mass is 232 g/mol. The second-order valence-corrected chi connectivity index (χ2v) is 6.53. The second kappa shape index (κ2) is 4.56. The van der Waals surface area contributed by atoms with Gasteiger partial charge in [0.15, 0.2) is 0 Å². The van der Waals surface area contributed by atoms with Gasteiger partial charge >= 0.3 is 0 Å². The van der Waals surface area contributed by atoms with E-state index in [1.54, 1.807) is 0 Å². The van der Waals surface area contributed by atoms with Crippen LogP contribution in [0, 0.1) is 0 Å². The van der Waals surface area contributed by atoms with Crippen molar-refractivity contribution < 1.29 is 4.74 Å². The van der Waals surface area contributed by atoms with Crippen molar-refractivity contribution in [2.45, 2.75) is 52.4 Å². The van der Waals surface area contributed by atoms with Crippen LogP contribution in [0.4, 0.5) is 0 Å². The highest BCUT2D eigenvalue weighted by Gasteiger charge is 2.20. The smallest absolute Gasteiger partial charge is 0.127 e. The summed E-state index contributed by atoms with van der Waals surface area (Å²) in [5.41, 5.74) is 2.84.